The van der Waals surface area contributed by atoms with Gasteiger partial charge in [-0.25, -0.2) is 4.68 Å². The molecule has 2 rings (SSSR count). The maximum absolute atomic E-state index is 3.82. The average molecular weight is 188 g/mol. The van der Waals surface area contributed by atoms with Gasteiger partial charge in [-0.15, -0.1) is 5.10 Å². The van der Waals surface area contributed by atoms with Gasteiger partial charge in [-0.1, -0.05) is 18.2 Å². The number of aryl methyl sites for hydroxylation is 2. The van der Waals surface area contributed by atoms with Crippen LogP contribution in [0.15, 0.2) is 24.5 Å². The Morgan fingerprint density at radius 1 is 1.21 bits per heavy atom. The molecule has 0 radical (unpaired) electrons. The number of rotatable bonds is 2. The second-order valence-electron chi connectivity index (χ2n) is 3.43. The van der Waals surface area contributed by atoms with E-state index in [9.17, 15) is 0 Å². The molecule has 0 N–H and O–H groups in total. The summed E-state index contributed by atoms with van der Waals surface area (Å²) in [4.78, 5) is 0. The predicted octanol–water partition coefficient (Wildman–Crippen LogP) is 1.34. The van der Waals surface area contributed by atoms with Gasteiger partial charge in [0.1, 0.15) is 6.33 Å². The van der Waals surface area contributed by atoms with Gasteiger partial charge in [0.05, 0.1) is 6.54 Å². The Morgan fingerprint density at radius 3 is 2.71 bits per heavy atom. The Hall–Kier alpha value is -1.71. The van der Waals surface area contributed by atoms with Crippen molar-refractivity contribution in [3.63, 3.8) is 0 Å². The van der Waals surface area contributed by atoms with E-state index >= 15 is 0 Å². The minimum atomic E-state index is 0.730. The molecule has 2 aromatic rings. The number of aromatic nitrogens is 4. The molecule has 0 bridgehead atoms. The highest BCUT2D eigenvalue weighted by Crippen LogP contribution is 2.10. The lowest BCUT2D eigenvalue weighted by atomic mass is 10.1. The number of hydrogen-bond acceptors (Lipinski definition) is 3. The van der Waals surface area contributed by atoms with E-state index in [4.69, 9.17) is 0 Å². The molecule has 0 atom stereocenters. The first-order chi connectivity index (χ1) is 6.75. The zero-order valence-electron chi connectivity index (χ0n) is 8.31. The third kappa shape index (κ3) is 1.79. The molecular weight excluding hydrogens is 176 g/mol. The van der Waals surface area contributed by atoms with E-state index in [-0.39, 0.29) is 0 Å². The van der Waals surface area contributed by atoms with Gasteiger partial charge in [-0.05, 0) is 41.0 Å². The van der Waals surface area contributed by atoms with Crippen LogP contribution in [0.25, 0.3) is 0 Å². The number of tetrazole rings is 1. The van der Waals surface area contributed by atoms with E-state index in [0.717, 1.165) is 6.54 Å². The smallest absolute Gasteiger partial charge is 0.138 e. The highest BCUT2D eigenvalue weighted by atomic mass is 15.5. The maximum atomic E-state index is 3.82. The fraction of sp³-hybridized carbons (Fsp3) is 0.300. The fourth-order valence-electron chi connectivity index (χ4n) is 1.34. The monoisotopic (exact) mass is 188 g/mol. The molecule has 72 valence electrons. The molecule has 0 unspecified atom stereocenters. The van der Waals surface area contributed by atoms with Crippen LogP contribution in [-0.2, 0) is 6.54 Å². The van der Waals surface area contributed by atoms with E-state index < -0.39 is 0 Å². The molecule has 0 aliphatic heterocycles. The molecule has 0 saturated heterocycles. The Bertz CT molecular complexity index is 420. The Kier molecular flexibility index (Phi) is 2.26. The van der Waals surface area contributed by atoms with Crippen LogP contribution in [0.5, 0.6) is 0 Å². The lowest BCUT2D eigenvalue weighted by molar-refractivity contribution is 0.648. The van der Waals surface area contributed by atoms with E-state index in [2.05, 4.69) is 47.6 Å². The van der Waals surface area contributed by atoms with Gasteiger partial charge >= 0.3 is 0 Å². The molecule has 4 nitrogen and oxygen atoms in total. The third-order valence-electron chi connectivity index (χ3n) is 2.31. The molecule has 0 spiro atoms. The van der Waals surface area contributed by atoms with Crippen LogP contribution in [0.4, 0.5) is 0 Å². The van der Waals surface area contributed by atoms with Crippen molar-refractivity contribution in [2.45, 2.75) is 20.4 Å². The molecule has 0 aliphatic carbocycles. The second kappa shape index (κ2) is 3.57. The van der Waals surface area contributed by atoms with Crippen LogP contribution >= 0.6 is 0 Å². The second-order valence-corrected chi connectivity index (χ2v) is 3.43. The van der Waals surface area contributed by atoms with E-state index in [1.165, 1.54) is 16.7 Å². The Morgan fingerprint density at radius 2 is 2.07 bits per heavy atom. The van der Waals surface area contributed by atoms with Gasteiger partial charge in [0, 0.05) is 0 Å². The van der Waals surface area contributed by atoms with Gasteiger partial charge in [0.2, 0.25) is 0 Å². The molecule has 1 heterocycles. The summed E-state index contributed by atoms with van der Waals surface area (Å²) in [6.07, 6.45) is 1.62. The van der Waals surface area contributed by atoms with Crippen molar-refractivity contribution in [3.8, 4) is 0 Å². The highest BCUT2D eigenvalue weighted by molar-refractivity contribution is 5.29. The quantitative estimate of drug-likeness (QED) is 0.714. The van der Waals surface area contributed by atoms with Gasteiger partial charge in [-0.2, -0.15) is 0 Å². The van der Waals surface area contributed by atoms with E-state index in [1.54, 1.807) is 11.0 Å². The summed E-state index contributed by atoms with van der Waals surface area (Å²) in [5, 5.41) is 11.0. The third-order valence-corrected chi connectivity index (χ3v) is 2.31. The fourth-order valence-corrected chi connectivity index (χ4v) is 1.34. The zero-order valence-corrected chi connectivity index (χ0v) is 8.31. The van der Waals surface area contributed by atoms with Crippen LogP contribution < -0.4 is 0 Å². The molecule has 14 heavy (non-hydrogen) atoms. The first-order valence-electron chi connectivity index (χ1n) is 4.52. The Balaban J connectivity index is 2.22. The molecule has 4 heteroatoms. The number of hydrogen-bond donors (Lipinski definition) is 0. The lowest BCUT2D eigenvalue weighted by Gasteiger charge is -2.04. The number of nitrogens with zero attached hydrogens (tertiary/aromatic N) is 4. The van der Waals surface area contributed by atoms with E-state index in [0.29, 0.717) is 0 Å². The van der Waals surface area contributed by atoms with Gasteiger partial charge in [-0.3, -0.25) is 0 Å². The normalized spacial score (nSPS) is 10.4. The minimum absolute atomic E-state index is 0.730. The SMILES string of the molecule is Cc1ccc(Cn2cnnn2)cc1C. The zero-order chi connectivity index (χ0) is 9.97. The summed E-state index contributed by atoms with van der Waals surface area (Å²) >= 11 is 0. The number of benzene rings is 1. The lowest BCUT2D eigenvalue weighted by Crippen LogP contribution is -2.01. The van der Waals surface area contributed by atoms with Crippen LogP contribution in [-0.4, -0.2) is 20.2 Å². The molecule has 1 aromatic carbocycles. The molecule has 1 aromatic heterocycles. The van der Waals surface area contributed by atoms with Crippen LogP contribution in [0.3, 0.4) is 0 Å². The predicted molar refractivity (Wildman–Crippen MR) is 52.8 cm³/mol. The maximum Gasteiger partial charge on any atom is 0.138 e. The first-order valence-corrected chi connectivity index (χ1v) is 4.52. The van der Waals surface area contributed by atoms with Crippen molar-refractivity contribution in [1.29, 1.82) is 0 Å². The van der Waals surface area contributed by atoms with Gasteiger partial charge in [0.15, 0.2) is 0 Å². The molecule has 0 aliphatic rings. The molecular formula is C10H12N4. The summed E-state index contributed by atoms with van der Waals surface area (Å²) in [6.45, 7) is 4.95. The van der Waals surface area contributed by atoms with Crippen LogP contribution in [0.1, 0.15) is 16.7 Å². The van der Waals surface area contributed by atoms with Crippen molar-refractivity contribution in [3.05, 3.63) is 41.2 Å². The summed E-state index contributed by atoms with van der Waals surface area (Å²) in [5.41, 5.74) is 3.83. The molecule has 0 amide bonds. The molecule has 0 fully saturated rings. The van der Waals surface area contributed by atoms with Crippen molar-refractivity contribution in [2.75, 3.05) is 0 Å². The first kappa shape index (κ1) is 8.87. The summed E-state index contributed by atoms with van der Waals surface area (Å²) in [6, 6.07) is 6.38. The largest absolute Gasteiger partial charge is 0.228 e. The van der Waals surface area contributed by atoms with Crippen LogP contribution in [0, 0.1) is 13.8 Å². The average Bonchev–Trinajstić information content (AvgIpc) is 2.64. The molecule has 0 saturated carbocycles. The summed E-state index contributed by atoms with van der Waals surface area (Å²) in [5.74, 6) is 0. The summed E-state index contributed by atoms with van der Waals surface area (Å²) < 4.78 is 1.71. The topological polar surface area (TPSA) is 43.6 Å². The van der Waals surface area contributed by atoms with E-state index in [1.807, 2.05) is 0 Å². The summed E-state index contributed by atoms with van der Waals surface area (Å²) in [7, 11) is 0. The Labute approximate surface area is 82.6 Å². The van der Waals surface area contributed by atoms with Crippen molar-refractivity contribution >= 4 is 0 Å². The standard InChI is InChI=1S/C10H12N4/c1-8-3-4-10(5-9(8)2)6-14-7-11-12-13-14/h3-5,7H,6H2,1-2H3. The van der Waals surface area contributed by atoms with Crippen molar-refractivity contribution < 1.29 is 0 Å². The van der Waals surface area contributed by atoms with Gasteiger partial charge in [0.25, 0.3) is 0 Å². The highest BCUT2D eigenvalue weighted by Gasteiger charge is 1.98. The van der Waals surface area contributed by atoms with Crippen molar-refractivity contribution in [1.82, 2.24) is 20.2 Å². The van der Waals surface area contributed by atoms with Gasteiger partial charge < -0.3 is 0 Å². The van der Waals surface area contributed by atoms with Crippen molar-refractivity contribution in [2.24, 2.45) is 0 Å². The minimum Gasteiger partial charge on any atom is -0.228 e. The van der Waals surface area contributed by atoms with Crippen LogP contribution in [0.2, 0.25) is 0 Å².